The Kier molecular flexibility index (Phi) is 6.87. The third kappa shape index (κ3) is 5.11. The van der Waals surface area contributed by atoms with Gasteiger partial charge in [0.05, 0.1) is 0 Å². The van der Waals surface area contributed by atoms with E-state index in [2.05, 4.69) is 10.6 Å². The highest BCUT2D eigenvalue weighted by Gasteiger charge is 2.30. The van der Waals surface area contributed by atoms with E-state index in [9.17, 15) is 14.4 Å². The van der Waals surface area contributed by atoms with Crippen LogP contribution in [0.25, 0.3) is 0 Å². The molecule has 0 atom stereocenters. The standard InChI is InChI=1S/C17H30N4O3/c1-3-20(4-2)17(24)21-11-7-14(8-12-21)16(23)19-10-9-18-15(22)13-5-6-13/h13-14H,3-12H2,1-2H3,(H,18,22)(H,19,23). The highest BCUT2D eigenvalue weighted by Crippen LogP contribution is 2.28. The largest absolute Gasteiger partial charge is 0.354 e. The number of amides is 4. The molecule has 1 heterocycles. The third-order valence-electron chi connectivity index (χ3n) is 4.84. The molecule has 2 N–H and O–H groups in total. The minimum atomic E-state index is -0.0371. The lowest BCUT2D eigenvalue weighted by molar-refractivity contribution is -0.126. The predicted molar refractivity (Wildman–Crippen MR) is 91.4 cm³/mol. The number of hydrogen-bond donors (Lipinski definition) is 2. The van der Waals surface area contributed by atoms with Crippen LogP contribution in [-0.2, 0) is 9.59 Å². The molecule has 1 aliphatic heterocycles. The van der Waals surface area contributed by atoms with E-state index >= 15 is 0 Å². The van der Waals surface area contributed by atoms with Crippen LogP contribution in [0.2, 0.25) is 0 Å². The first-order valence-electron chi connectivity index (χ1n) is 9.16. The molecule has 7 heteroatoms. The van der Waals surface area contributed by atoms with E-state index in [1.54, 1.807) is 0 Å². The van der Waals surface area contributed by atoms with Crippen LogP contribution < -0.4 is 10.6 Å². The molecule has 2 aliphatic rings. The summed E-state index contributed by atoms with van der Waals surface area (Å²) in [6.45, 7) is 7.59. The maximum Gasteiger partial charge on any atom is 0.319 e. The number of urea groups is 1. The van der Waals surface area contributed by atoms with E-state index in [0.29, 0.717) is 52.1 Å². The molecular formula is C17H30N4O3. The Morgan fingerprint density at radius 1 is 0.875 bits per heavy atom. The maximum absolute atomic E-state index is 12.3. The summed E-state index contributed by atoms with van der Waals surface area (Å²) >= 11 is 0. The smallest absolute Gasteiger partial charge is 0.319 e. The highest BCUT2D eigenvalue weighted by atomic mass is 16.2. The van der Waals surface area contributed by atoms with Crippen molar-refractivity contribution >= 4 is 17.8 Å². The molecule has 7 nitrogen and oxygen atoms in total. The molecule has 1 aliphatic carbocycles. The van der Waals surface area contributed by atoms with Crippen molar-refractivity contribution < 1.29 is 14.4 Å². The van der Waals surface area contributed by atoms with Gasteiger partial charge in [0.2, 0.25) is 11.8 Å². The van der Waals surface area contributed by atoms with Crippen LogP contribution in [0, 0.1) is 11.8 Å². The summed E-state index contributed by atoms with van der Waals surface area (Å²) in [6.07, 6.45) is 3.38. The maximum atomic E-state index is 12.3. The van der Waals surface area contributed by atoms with Gasteiger partial charge in [-0.2, -0.15) is 0 Å². The van der Waals surface area contributed by atoms with Gasteiger partial charge in [0.1, 0.15) is 0 Å². The van der Waals surface area contributed by atoms with Crippen molar-refractivity contribution in [2.45, 2.75) is 39.5 Å². The van der Waals surface area contributed by atoms with Crippen LogP contribution in [0.15, 0.2) is 0 Å². The first-order chi connectivity index (χ1) is 11.6. The first-order valence-corrected chi connectivity index (χ1v) is 9.16. The lowest BCUT2D eigenvalue weighted by atomic mass is 9.96. The lowest BCUT2D eigenvalue weighted by Crippen LogP contribution is -2.48. The fourth-order valence-corrected chi connectivity index (χ4v) is 3.03. The molecule has 1 saturated heterocycles. The molecule has 2 fully saturated rings. The van der Waals surface area contributed by atoms with Gasteiger partial charge in [0.15, 0.2) is 0 Å². The zero-order valence-corrected chi connectivity index (χ0v) is 14.8. The number of carbonyl (C=O) groups excluding carboxylic acids is 3. The molecule has 0 aromatic heterocycles. The van der Waals surface area contributed by atoms with Crippen molar-refractivity contribution in [2.24, 2.45) is 11.8 Å². The summed E-state index contributed by atoms with van der Waals surface area (Å²) in [7, 11) is 0. The first kappa shape index (κ1) is 18.5. The summed E-state index contributed by atoms with van der Waals surface area (Å²) in [5.41, 5.74) is 0. The number of piperidine rings is 1. The van der Waals surface area contributed by atoms with Gasteiger partial charge in [0.25, 0.3) is 0 Å². The van der Waals surface area contributed by atoms with Crippen molar-refractivity contribution in [3.63, 3.8) is 0 Å². The Morgan fingerprint density at radius 2 is 1.33 bits per heavy atom. The molecule has 0 aromatic rings. The average molecular weight is 338 g/mol. The van der Waals surface area contributed by atoms with Crippen LogP contribution in [0.3, 0.4) is 0 Å². The normalized spacial score (nSPS) is 18.2. The molecule has 4 amide bonds. The molecule has 24 heavy (non-hydrogen) atoms. The summed E-state index contributed by atoms with van der Waals surface area (Å²) < 4.78 is 0. The monoisotopic (exact) mass is 338 g/mol. The lowest BCUT2D eigenvalue weighted by Gasteiger charge is -2.34. The number of nitrogens with zero attached hydrogens (tertiary/aromatic N) is 2. The summed E-state index contributed by atoms with van der Waals surface area (Å²) in [6, 6.07) is 0.0710. The third-order valence-corrected chi connectivity index (χ3v) is 4.84. The minimum Gasteiger partial charge on any atom is -0.354 e. The quantitative estimate of drug-likeness (QED) is 0.674. The molecule has 0 unspecified atom stereocenters. The molecular weight excluding hydrogens is 308 g/mol. The zero-order valence-electron chi connectivity index (χ0n) is 14.8. The number of hydrogen-bond acceptors (Lipinski definition) is 3. The fraction of sp³-hybridized carbons (Fsp3) is 0.824. The molecule has 1 saturated carbocycles. The second-order valence-electron chi connectivity index (χ2n) is 6.57. The molecule has 0 aromatic carbocycles. The van der Waals surface area contributed by atoms with Gasteiger partial charge < -0.3 is 20.4 Å². The Balaban J connectivity index is 1.63. The minimum absolute atomic E-state index is 0.0330. The summed E-state index contributed by atoms with van der Waals surface area (Å²) in [4.78, 5) is 39.6. The Morgan fingerprint density at radius 3 is 1.75 bits per heavy atom. The van der Waals surface area contributed by atoms with Gasteiger partial charge in [-0.25, -0.2) is 4.79 Å². The van der Waals surface area contributed by atoms with E-state index in [1.165, 1.54) is 0 Å². The van der Waals surface area contributed by atoms with E-state index in [0.717, 1.165) is 12.8 Å². The van der Waals surface area contributed by atoms with Gasteiger partial charge in [0, 0.05) is 51.1 Å². The van der Waals surface area contributed by atoms with Crippen molar-refractivity contribution in [3.05, 3.63) is 0 Å². The van der Waals surface area contributed by atoms with Crippen LogP contribution in [-0.4, -0.2) is 66.9 Å². The molecule has 0 spiro atoms. The number of likely N-dealkylation sites (tertiary alicyclic amines) is 1. The molecule has 136 valence electrons. The predicted octanol–water partition coefficient (Wildman–Crippen LogP) is 0.803. The van der Waals surface area contributed by atoms with Crippen molar-refractivity contribution in [3.8, 4) is 0 Å². The van der Waals surface area contributed by atoms with Crippen LogP contribution in [0.1, 0.15) is 39.5 Å². The van der Waals surface area contributed by atoms with Gasteiger partial charge in [-0.05, 0) is 39.5 Å². The van der Waals surface area contributed by atoms with Crippen LogP contribution in [0.5, 0.6) is 0 Å². The number of nitrogens with one attached hydrogen (secondary N) is 2. The Hall–Kier alpha value is -1.79. The second-order valence-corrected chi connectivity index (χ2v) is 6.57. The van der Waals surface area contributed by atoms with Crippen molar-refractivity contribution in [1.82, 2.24) is 20.4 Å². The highest BCUT2D eigenvalue weighted by molar-refractivity contribution is 5.81. The van der Waals surface area contributed by atoms with Crippen LogP contribution >= 0.6 is 0 Å². The Bertz CT molecular complexity index is 453. The van der Waals surface area contributed by atoms with Gasteiger partial charge in [-0.15, -0.1) is 0 Å². The van der Waals surface area contributed by atoms with E-state index < -0.39 is 0 Å². The molecule has 2 rings (SSSR count). The topological polar surface area (TPSA) is 81.8 Å². The molecule has 0 radical (unpaired) electrons. The van der Waals surface area contributed by atoms with Crippen molar-refractivity contribution in [1.29, 1.82) is 0 Å². The zero-order chi connectivity index (χ0) is 17.5. The van der Waals surface area contributed by atoms with E-state index in [1.807, 2.05) is 23.6 Å². The molecule has 0 bridgehead atoms. The van der Waals surface area contributed by atoms with Gasteiger partial charge >= 0.3 is 6.03 Å². The van der Waals surface area contributed by atoms with Gasteiger partial charge in [-0.1, -0.05) is 0 Å². The second kappa shape index (κ2) is 8.89. The van der Waals surface area contributed by atoms with Crippen molar-refractivity contribution in [2.75, 3.05) is 39.3 Å². The number of carbonyl (C=O) groups is 3. The fourth-order valence-electron chi connectivity index (χ4n) is 3.03. The van der Waals surface area contributed by atoms with E-state index in [4.69, 9.17) is 0 Å². The average Bonchev–Trinajstić information content (AvgIpc) is 3.44. The number of rotatable bonds is 7. The Labute approximate surface area is 144 Å². The van der Waals surface area contributed by atoms with E-state index in [-0.39, 0.29) is 29.7 Å². The summed E-state index contributed by atoms with van der Waals surface area (Å²) in [5.74, 6) is 0.302. The van der Waals surface area contributed by atoms with Crippen LogP contribution in [0.4, 0.5) is 4.79 Å². The van der Waals surface area contributed by atoms with Gasteiger partial charge in [-0.3, -0.25) is 9.59 Å². The summed E-state index contributed by atoms with van der Waals surface area (Å²) in [5, 5.41) is 5.73. The SMILES string of the molecule is CCN(CC)C(=O)N1CCC(C(=O)NCCNC(=O)C2CC2)CC1.